The van der Waals surface area contributed by atoms with Crippen molar-refractivity contribution in [3.8, 4) is 0 Å². The SMILES string of the molecule is CCNCC1CCCN(c2nc3ccccc3s2)C1. The lowest BCUT2D eigenvalue weighted by atomic mass is 9.98. The molecule has 0 saturated carbocycles. The van der Waals surface area contributed by atoms with Crippen LogP contribution in [0.1, 0.15) is 19.8 Å². The number of anilines is 1. The molecule has 4 heteroatoms. The molecule has 1 N–H and O–H groups in total. The van der Waals surface area contributed by atoms with Crippen LogP contribution in [0.2, 0.25) is 0 Å². The number of thiazole rings is 1. The molecule has 1 saturated heterocycles. The van der Waals surface area contributed by atoms with Gasteiger partial charge in [-0.15, -0.1) is 0 Å². The van der Waals surface area contributed by atoms with Gasteiger partial charge in [-0.2, -0.15) is 0 Å². The maximum absolute atomic E-state index is 4.78. The smallest absolute Gasteiger partial charge is 0.186 e. The third-order valence-electron chi connectivity index (χ3n) is 3.76. The fourth-order valence-electron chi connectivity index (χ4n) is 2.75. The van der Waals surface area contributed by atoms with Crippen LogP contribution in [0.15, 0.2) is 24.3 Å². The fourth-order valence-corrected chi connectivity index (χ4v) is 3.75. The number of fused-ring (bicyclic) bond motifs is 1. The van der Waals surface area contributed by atoms with E-state index in [0.29, 0.717) is 0 Å². The van der Waals surface area contributed by atoms with Gasteiger partial charge in [0, 0.05) is 13.1 Å². The zero-order chi connectivity index (χ0) is 13.1. The van der Waals surface area contributed by atoms with Gasteiger partial charge in [0.05, 0.1) is 10.2 Å². The molecule has 3 nitrogen and oxygen atoms in total. The van der Waals surface area contributed by atoms with Gasteiger partial charge in [-0.1, -0.05) is 30.4 Å². The Labute approximate surface area is 118 Å². The molecule has 2 heterocycles. The Morgan fingerprint density at radius 2 is 2.32 bits per heavy atom. The van der Waals surface area contributed by atoms with Gasteiger partial charge in [0.15, 0.2) is 5.13 Å². The highest BCUT2D eigenvalue weighted by Crippen LogP contribution is 2.31. The zero-order valence-electron chi connectivity index (χ0n) is 11.4. The van der Waals surface area contributed by atoms with E-state index >= 15 is 0 Å². The van der Waals surface area contributed by atoms with Gasteiger partial charge in [0.25, 0.3) is 0 Å². The Bertz CT molecular complexity index is 504. The maximum Gasteiger partial charge on any atom is 0.186 e. The van der Waals surface area contributed by atoms with Gasteiger partial charge in [-0.25, -0.2) is 4.98 Å². The van der Waals surface area contributed by atoms with Gasteiger partial charge in [0.1, 0.15) is 0 Å². The number of hydrogen-bond donors (Lipinski definition) is 1. The molecule has 102 valence electrons. The second-order valence-electron chi connectivity index (χ2n) is 5.23. The molecule has 0 spiro atoms. The van der Waals surface area contributed by atoms with Crippen LogP contribution in [0.4, 0.5) is 5.13 Å². The van der Waals surface area contributed by atoms with Crippen LogP contribution >= 0.6 is 11.3 Å². The Morgan fingerprint density at radius 1 is 1.42 bits per heavy atom. The highest BCUT2D eigenvalue weighted by atomic mass is 32.1. The zero-order valence-corrected chi connectivity index (χ0v) is 12.2. The molecule has 1 unspecified atom stereocenters. The largest absolute Gasteiger partial charge is 0.348 e. The first-order chi connectivity index (χ1) is 9.36. The summed E-state index contributed by atoms with van der Waals surface area (Å²) < 4.78 is 1.30. The average molecular weight is 275 g/mol. The summed E-state index contributed by atoms with van der Waals surface area (Å²) in [7, 11) is 0. The second kappa shape index (κ2) is 5.88. The van der Waals surface area contributed by atoms with E-state index in [-0.39, 0.29) is 0 Å². The van der Waals surface area contributed by atoms with E-state index in [9.17, 15) is 0 Å². The van der Waals surface area contributed by atoms with E-state index in [2.05, 4.69) is 41.4 Å². The van der Waals surface area contributed by atoms with Gasteiger partial charge in [0.2, 0.25) is 0 Å². The average Bonchev–Trinajstić information content (AvgIpc) is 2.89. The van der Waals surface area contributed by atoms with Crippen LogP contribution < -0.4 is 10.2 Å². The number of piperidine rings is 1. The number of nitrogens with one attached hydrogen (secondary N) is 1. The lowest BCUT2D eigenvalue weighted by Gasteiger charge is -2.32. The Balaban J connectivity index is 1.73. The lowest BCUT2D eigenvalue weighted by Crippen LogP contribution is -2.39. The molecular formula is C15H21N3S. The van der Waals surface area contributed by atoms with Crippen molar-refractivity contribution in [2.75, 3.05) is 31.1 Å². The standard InChI is InChI=1S/C15H21N3S/c1-2-16-10-12-6-5-9-18(11-12)15-17-13-7-3-4-8-14(13)19-15/h3-4,7-8,12,16H,2,5-6,9-11H2,1H3. The summed E-state index contributed by atoms with van der Waals surface area (Å²) in [6, 6.07) is 8.43. The summed E-state index contributed by atoms with van der Waals surface area (Å²) in [5, 5.41) is 4.67. The van der Waals surface area contributed by atoms with Gasteiger partial charge >= 0.3 is 0 Å². The maximum atomic E-state index is 4.78. The second-order valence-corrected chi connectivity index (χ2v) is 6.24. The number of rotatable bonds is 4. The molecule has 0 aliphatic carbocycles. The van der Waals surface area contributed by atoms with Crippen molar-refractivity contribution >= 4 is 26.7 Å². The van der Waals surface area contributed by atoms with Crippen LogP contribution in [-0.2, 0) is 0 Å². The Morgan fingerprint density at radius 3 is 3.16 bits per heavy atom. The summed E-state index contributed by atoms with van der Waals surface area (Å²) >= 11 is 1.82. The molecule has 1 aliphatic rings. The number of hydrogen-bond acceptors (Lipinski definition) is 4. The number of nitrogens with zero attached hydrogens (tertiary/aromatic N) is 2. The van der Waals surface area contributed by atoms with Gasteiger partial charge < -0.3 is 10.2 Å². The molecule has 2 aromatic rings. The minimum atomic E-state index is 0.765. The molecule has 0 amide bonds. The summed E-state index contributed by atoms with van der Waals surface area (Å²) in [5.41, 5.74) is 1.14. The van der Waals surface area contributed by atoms with Crippen molar-refractivity contribution in [2.24, 2.45) is 5.92 Å². The molecule has 1 aromatic heterocycles. The Kier molecular flexibility index (Phi) is 3.99. The van der Waals surface area contributed by atoms with E-state index in [1.165, 1.54) is 22.7 Å². The molecule has 1 aliphatic heterocycles. The van der Waals surface area contributed by atoms with Crippen LogP contribution in [0.25, 0.3) is 10.2 Å². The minimum Gasteiger partial charge on any atom is -0.348 e. The molecule has 19 heavy (non-hydrogen) atoms. The van der Waals surface area contributed by atoms with Crippen LogP contribution in [0.5, 0.6) is 0 Å². The lowest BCUT2D eigenvalue weighted by molar-refractivity contribution is 0.395. The normalized spacial score (nSPS) is 20.1. The van der Waals surface area contributed by atoms with E-state index in [4.69, 9.17) is 4.98 Å². The number of para-hydroxylation sites is 1. The van der Waals surface area contributed by atoms with Crippen LogP contribution in [0, 0.1) is 5.92 Å². The fraction of sp³-hybridized carbons (Fsp3) is 0.533. The van der Waals surface area contributed by atoms with Gasteiger partial charge in [-0.3, -0.25) is 0 Å². The molecule has 0 bridgehead atoms. The highest BCUT2D eigenvalue weighted by Gasteiger charge is 2.21. The summed E-state index contributed by atoms with van der Waals surface area (Å²) in [6.07, 6.45) is 2.63. The minimum absolute atomic E-state index is 0.765. The summed E-state index contributed by atoms with van der Waals surface area (Å²) in [6.45, 7) is 6.68. The van der Waals surface area contributed by atoms with E-state index in [1.54, 1.807) is 0 Å². The van der Waals surface area contributed by atoms with Crippen molar-refractivity contribution in [2.45, 2.75) is 19.8 Å². The molecule has 1 fully saturated rings. The van der Waals surface area contributed by atoms with Crippen LogP contribution in [0.3, 0.4) is 0 Å². The monoisotopic (exact) mass is 275 g/mol. The summed E-state index contributed by atoms with van der Waals surface area (Å²) in [4.78, 5) is 7.24. The quantitative estimate of drug-likeness (QED) is 0.929. The topological polar surface area (TPSA) is 28.2 Å². The third kappa shape index (κ3) is 2.90. The predicted molar refractivity (Wildman–Crippen MR) is 83.1 cm³/mol. The van der Waals surface area contributed by atoms with Crippen molar-refractivity contribution in [3.63, 3.8) is 0 Å². The first-order valence-corrected chi connectivity index (χ1v) is 7.99. The van der Waals surface area contributed by atoms with E-state index in [1.807, 2.05) is 11.3 Å². The first kappa shape index (κ1) is 12.9. The molecule has 0 radical (unpaired) electrons. The molecule has 3 rings (SSSR count). The van der Waals surface area contributed by atoms with E-state index in [0.717, 1.165) is 37.6 Å². The van der Waals surface area contributed by atoms with Crippen molar-refractivity contribution in [3.05, 3.63) is 24.3 Å². The number of benzene rings is 1. The first-order valence-electron chi connectivity index (χ1n) is 7.18. The highest BCUT2D eigenvalue weighted by molar-refractivity contribution is 7.22. The Hall–Kier alpha value is -1.13. The van der Waals surface area contributed by atoms with Crippen LogP contribution in [-0.4, -0.2) is 31.2 Å². The molecular weight excluding hydrogens is 254 g/mol. The third-order valence-corrected chi connectivity index (χ3v) is 4.85. The predicted octanol–water partition coefficient (Wildman–Crippen LogP) is 3.12. The summed E-state index contributed by atoms with van der Waals surface area (Å²) in [5.74, 6) is 0.765. The molecule has 1 atom stereocenters. The molecule has 1 aromatic carbocycles. The van der Waals surface area contributed by atoms with Crippen molar-refractivity contribution in [1.29, 1.82) is 0 Å². The van der Waals surface area contributed by atoms with Gasteiger partial charge in [-0.05, 0) is 44.0 Å². The van der Waals surface area contributed by atoms with Crippen molar-refractivity contribution in [1.82, 2.24) is 10.3 Å². The van der Waals surface area contributed by atoms with Crippen molar-refractivity contribution < 1.29 is 0 Å². The number of aromatic nitrogens is 1. The van der Waals surface area contributed by atoms with E-state index < -0.39 is 0 Å².